The lowest BCUT2D eigenvalue weighted by molar-refractivity contribution is -0.130. The lowest BCUT2D eigenvalue weighted by Crippen LogP contribution is -2.34. The van der Waals surface area contributed by atoms with Crippen molar-refractivity contribution in [3.05, 3.63) is 27.1 Å². The summed E-state index contributed by atoms with van der Waals surface area (Å²) in [7, 11) is 0. The average Bonchev–Trinajstić information content (AvgIpc) is 2.71. The van der Waals surface area contributed by atoms with Crippen molar-refractivity contribution in [2.75, 3.05) is 19.0 Å². The molecule has 5 nitrogen and oxygen atoms in total. The van der Waals surface area contributed by atoms with Crippen LogP contribution in [0.3, 0.4) is 0 Å². The maximum Gasteiger partial charge on any atom is 0.271 e. The number of aryl methyl sites for hydroxylation is 1. The summed E-state index contributed by atoms with van der Waals surface area (Å²) in [5, 5.41) is 1.97. The van der Waals surface area contributed by atoms with Gasteiger partial charge in [0.25, 0.3) is 5.56 Å². The van der Waals surface area contributed by atoms with Crippen molar-refractivity contribution < 1.29 is 4.79 Å². The maximum atomic E-state index is 12.6. The topological polar surface area (TPSA) is 55.2 Å². The van der Waals surface area contributed by atoms with Crippen LogP contribution >= 0.6 is 22.9 Å². The van der Waals surface area contributed by atoms with Gasteiger partial charge in [-0.15, -0.1) is 22.9 Å². The fraction of sp³-hybridized carbons (Fsp3) is 0.500. The third kappa shape index (κ3) is 2.58. The highest BCUT2D eigenvalue weighted by Gasteiger charge is 2.21. The molecule has 1 aliphatic rings. The summed E-state index contributed by atoms with van der Waals surface area (Å²) in [4.78, 5) is 30.9. The first-order valence-corrected chi connectivity index (χ1v) is 8.34. The first kappa shape index (κ1) is 14.5. The number of carbonyl (C=O) groups is 1. The van der Waals surface area contributed by atoms with E-state index >= 15 is 0 Å². The molecule has 7 heteroatoms. The van der Waals surface area contributed by atoms with Crippen molar-refractivity contribution in [2.45, 2.75) is 26.3 Å². The Balaban J connectivity index is 1.96. The first-order chi connectivity index (χ1) is 10.1. The van der Waals surface area contributed by atoms with Gasteiger partial charge in [0.1, 0.15) is 10.5 Å². The summed E-state index contributed by atoms with van der Waals surface area (Å²) in [6, 6.07) is 0. The lowest BCUT2D eigenvalue weighted by Gasteiger charge is -2.19. The predicted octanol–water partition coefficient (Wildman–Crippen LogP) is 1.78. The monoisotopic (exact) mass is 325 g/mol. The Labute approximate surface area is 131 Å². The zero-order valence-electron chi connectivity index (χ0n) is 11.8. The molecule has 3 heterocycles. The molecule has 1 aliphatic heterocycles. The van der Waals surface area contributed by atoms with E-state index in [4.69, 9.17) is 11.6 Å². The molecule has 0 aliphatic carbocycles. The molecule has 0 bridgehead atoms. The molecule has 0 N–H and O–H groups in total. The van der Waals surface area contributed by atoms with E-state index < -0.39 is 0 Å². The predicted molar refractivity (Wildman–Crippen MR) is 84.2 cm³/mol. The van der Waals surface area contributed by atoms with Gasteiger partial charge in [0.15, 0.2) is 0 Å². The molecule has 0 fully saturated rings. The van der Waals surface area contributed by atoms with E-state index in [1.54, 1.807) is 9.47 Å². The molecular formula is C14H16ClN3O2S. The second-order valence-electron chi connectivity index (χ2n) is 5.15. The van der Waals surface area contributed by atoms with E-state index in [1.807, 2.05) is 12.3 Å². The van der Waals surface area contributed by atoms with Crippen LogP contribution < -0.4 is 5.56 Å². The standard InChI is InChI=1S/C14H16ClN3O2S/c1-9-8-21-13-12(9)16-10-3-5-17(11(19)2-4-15)6-7-18(10)14(13)20/h8H,2-7H2,1H3. The number of amides is 1. The minimum Gasteiger partial charge on any atom is -0.340 e. The number of alkyl halides is 1. The van der Waals surface area contributed by atoms with Gasteiger partial charge < -0.3 is 4.90 Å². The number of nitrogens with zero attached hydrogens (tertiary/aromatic N) is 3. The zero-order chi connectivity index (χ0) is 15.0. The van der Waals surface area contributed by atoms with Crippen LogP contribution in [0.5, 0.6) is 0 Å². The Morgan fingerprint density at radius 1 is 1.43 bits per heavy atom. The van der Waals surface area contributed by atoms with E-state index in [0.717, 1.165) is 16.9 Å². The number of halogens is 1. The first-order valence-electron chi connectivity index (χ1n) is 6.93. The molecular weight excluding hydrogens is 310 g/mol. The van der Waals surface area contributed by atoms with Crippen molar-refractivity contribution in [3.8, 4) is 0 Å². The fourth-order valence-electron chi connectivity index (χ4n) is 2.64. The minimum atomic E-state index is 0.0137. The summed E-state index contributed by atoms with van der Waals surface area (Å²) < 4.78 is 2.42. The summed E-state index contributed by atoms with van der Waals surface area (Å²) in [5.74, 6) is 1.15. The van der Waals surface area contributed by atoms with Crippen molar-refractivity contribution in [1.29, 1.82) is 0 Å². The molecule has 1 amide bonds. The van der Waals surface area contributed by atoms with E-state index in [-0.39, 0.29) is 11.5 Å². The van der Waals surface area contributed by atoms with Gasteiger partial charge in [0.2, 0.25) is 5.91 Å². The van der Waals surface area contributed by atoms with Crippen molar-refractivity contribution >= 4 is 39.1 Å². The van der Waals surface area contributed by atoms with Gasteiger partial charge in [0.05, 0.1) is 5.52 Å². The van der Waals surface area contributed by atoms with Crippen molar-refractivity contribution in [1.82, 2.24) is 14.5 Å². The van der Waals surface area contributed by atoms with Gasteiger partial charge >= 0.3 is 0 Å². The van der Waals surface area contributed by atoms with Crippen LogP contribution in [0.4, 0.5) is 0 Å². The highest BCUT2D eigenvalue weighted by molar-refractivity contribution is 7.17. The smallest absolute Gasteiger partial charge is 0.271 e. The molecule has 112 valence electrons. The summed E-state index contributed by atoms with van der Waals surface area (Å²) in [5.41, 5.74) is 1.85. The number of thiophene rings is 1. The Kier molecular flexibility index (Phi) is 3.99. The molecule has 0 saturated carbocycles. The molecule has 0 spiro atoms. The highest BCUT2D eigenvalue weighted by atomic mass is 35.5. The summed E-state index contributed by atoms with van der Waals surface area (Å²) in [6.07, 6.45) is 0.947. The average molecular weight is 326 g/mol. The van der Waals surface area contributed by atoms with Crippen LogP contribution in [-0.4, -0.2) is 39.3 Å². The van der Waals surface area contributed by atoms with Gasteiger partial charge in [-0.3, -0.25) is 14.2 Å². The van der Waals surface area contributed by atoms with Crippen LogP contribution in [0.2, 0.25) is 0 Å². The number of carbonyl (C=O) groups excluding carboxylic acids is 1. The van der Waals surface area contributed by atoms with Gasteiger partial charge in [-0.05, 0) is 17.9 Å². The Hall–Kier alpha value is -1.40. The Morgan fingerprint density at radius 3 is 3.00 bits per heavy atom. The van der Waals surface area contributed by atoms with Crippen LogP contribution in [0.1, 0.15) is 17.8 Å². The van der Waals surface area contributed by atoms with Crippen LogP contribution in [0.25, 0.3) is 10.2 Å². The highest BCUT2D eigenvalue weighted by Crippen LogP contribution is 2.21. The Morgan fingerprint density at radius 2 is 2.24 bits per heavy atom. The van der Waals surface area contributed by atoms with Crippen molar-refractivity contribution in [3.63, 3.8) is 0 Å². The molecule has 0 atom stereocenters. The number of hydrogen-bond donors (Lipinski definition) is 0. The molecule has 21 heavy (non-hydrogen) atoms. The Bertz CT molecular complexity index is 752. The normalized spacial score (nSPS) is 15.0. The third-order valence-electron chi connectivity index (χ3n) is 3.79. The largest absolute Gasteiger partial charge is 0.340 e. The zero-order valence-corrected chi connectivity index (χ0v) is 13.3. The molecule has 0 saturated heterocycles. The second-order valence-corrected chi connectivity index (χ2v) is 6.41. The summed E-state index contributed by atoms with van der Waals surface area (Å²) in [6.45, 7) is 3.61. The lowest BCUT2D eigenvalue weighted by atomic mass is 10.3. The molecule has 0 aromatic carbocycles. The van der Waals surface area contributed by atoms with Crippen LogP contribution in [0, 0.1) is 6.92 Å². The van der Waals surface area contributed by atoms with E-state index in [2.05, 4.69) is 4.98 Å². The fourth-order valence-corrected chi connectivity index (χ4v) is 3.73. The van der Waals surface area contributed by atoms with Crippen LogP contribution in [-0.2, 0) is 17.8 Å². The van der Waals surface area contributed by atoms with Gasteiger partial charge in [0, 0.05) is 38.4 Å². The third-order valence-corrected chi connectivity index (χ3v) is 5.06. The number of rotatable bonds is 2. The summed E-state index contributed by atoms with van der Waals surface area (Å²) >= 11 is 7.07. The molecule has 2 aromatic rings. The molecule has 0 unspecified atom stereocenters. The molecule has 2 aromatic heterocycles. The van der Waals surface area contributed by atoms with E-state index in [9.17, 15) is 9.59 Å². The molecule has 3 rings (SSSR count). The number of fused-ring (bicyclic) bond motifs is 2. The molecule has 0 radical (unpaired) electrons. The van der Waals surface area contributed by atoms with Crippen LogP contribution in [0.15, 0.2) is 10.2 Å². The van der Waals surface area contributed by atoms with Gasteiger partial charge in [-0.2, -0.15) is 0 Å². The minimum absolute atomic E-state index is 0.0137. The van der Waals surface area contributed by atoms with Gasteiger partial charge in [-0.1, -0.05) is 0 Å². The quantitative estimate of drug-likeness (QED) is 0.791. The number of aromatic nitrogens is 2. The SMILES string of the molecule is Cc1csc2c(=O)n3c(nc12)CCN(C(=O)CCCl)CC3. The van der Waals surface area contributed by atoms with Crippen molar-refractivity contribution in [2.24, 2.45) is 0 Å². The van der Waals surface area contributed by atoms with E-state index in [1.165, 1.54) is 11.3 Å². The van der Waals surface area contributed by atoms with Gasteiger partial charge in [-0.25, -0.2) is 4.98 Å². The second kappa shape index (κ2) is 5.77. The number of hydrogen-bond acceptors (Lipinski definition) is 4. The van der Waals surface area contributed by atoms with E-state index in [0.29, 0.717) is 43.1 Å². The maximum absolute atomic E-state index is 12.6.